The summed E-state index contributed by atoms with van der Waals surface area (Å²) in [5.74, 6) is 7.78. The van der Waals surface area contributed by atoms with Gasteiger partial charge in [-0.25, -0.2) is 0 Å². The Labute approximate surface area is 470 Å². The van der Waals surface area contributed by atoms with Crippen molar-refractivity contribution >= 4 is 61.1 Å². The lowest BCUT2D eigenvalue weighted by molar-refractivity contribution is -0.00508. The molecule has 0 saturated heterocycles. The van der Waals surface area contributed by atoms with Crippen molar-refractivity contribution in [1.82, 2.24) is 0 Å². The van der Waals surface area contributed by atoms with Crippen LogP contribution in [0.5, 0.6) is 0 Å². The number of fused-ring (bicyclic) bond motifs is 3. The molecular formula is C64H120Cl2O2Si5. The van der Waals surface area contributed by atoms with Crippen LogP contribution < -0.4 is 0 Å². The van der Waals surface area contributed by atoms with Gasteiger partial charge in [-0.2, -0.15) is 0 Å². The fraction of sp³-hybridized carbons (Fsp3) is 0.812. The molecule has 6 aliphatic carbocycles. The van der Waals surface area contributed by atoms with E-state index in [0.717, 1.165) is 96.4 Å². The second-order valence-electron chi connectivity index (χ2n) is 30.2. The van der Waals surface area contributed by atoms with E-state index in [4.69, 9.17) is 31.6 Å². The van der Waals surface area contributed by atoms with Gasteiger partial charge in [0.15, 0.2) is 0 Å². The lowest BCUT2D eigenvalue weighted by atomic mass is 9.87. The maximum atomic E-state index is 6.05. The molecule has 0 radical (unpaired) electrons. The Morgan fingerprint density at radius 2 is 0.767 bits per heavy atom. The first-order valence-corrected chi connectivity index (χ1v) is 49.2. The van der Waals surface area contributed by atoms with Crippen molar-refractivity contribution in [2.45, 2.75) is 263 Å². The van der Waals surface area contributed by atoms with E-state index in [1.807, 2.05) is 6.55 Å². The summed E-state index contributed by atoms with van der Waals surface area (Å²) in [5, 5.41) is 0. The van der Waals surface area contributed by atoms with Gasteiger partial charge in [0, 0.05) is 37.4 Å². The molecule has 0 aromatic rings. The number of halogens is 2. The highest BCUT2D eigenvalue weighted by Gasteiger charge is 2.58. The van der Waals surface area contributed by atoms with Crippen LogP contribution in [0.2, 0.25) is 113 Å². The summed E-state index contributed by atoms with van der Waals surface area (Å²) in [5.41, 5.74) is 1.90. The average molecular weight is 1130 g/mol. The number of unbranched alkanes of at least 4 members (excludes halogenated alkanes) is 6. The summed E-state index contributed by atoms with van der Waals surface area (Å²) in [6.07, 6.45) is 47.0. The maximum Gasteiger partial charge on any atom is 0.248 e. The topological polar surface area (TPSA) is 18.5 Å². The van der Waals surface area contributed by atoms with Crippen molar-refractivity contribution in [3.8, 4) is 0 Å². The Morgan fingerprint density at radius 1 is 0.425 bits per heavy atom. The maximum absolute atomic E-state index is 6.05. The van der Waals surface area contributed by atoms with Crippen molar-refractivity contribution < 1.29 is 9.47 Å². The van der Waals surface area contributed by atoms with Crippen molar-refractivity contribution in [2.75, 3.05) is 13.2 Å². The molecule has 0 amide bonds. The molecule has 9 heteroatoms. The van der Waals surface area contributed by atoms with Crippen LogP contribution in [0, 0.1) is 53.3 Å². The monoisotopic (exact) mass is 1130 g/mol. The molecule has 11 unspecified atom stereocenters. The molecule has 0 N–H and O–H groups in total. The summed E-state index contributed by atoms with van der Waals surface area (Å²) < 4.78 is 11.7. The summed E-state index contributed by atoms with van der Waals surface area (Å²) in [7, 11) is -4.68. The van der Waals surface area contributed by atoms with Crippen molar-refractivity contribution in [3.05, 3.63) is 72.9 Å². The predicted molar refractivity (Wildman–Crippen MR) is 346 cm³/mol. The van der Waals surface area contributed by atoms with Crippen LogP contribution >= 0.6 is 22.2 Å². The summed E-state index contributed by atoms with van der Waals surface area (Å²) in [4.78, 5) is 0. The molecule has 0 heterocycles. The normalized spacial score (nSPS) is 29.3. The van der Waals surface area contributed by atoms with Gasteiger partial charge < -0.3 is 9.47 Å². The van der Waals surface area contributed by atoms with Gasteiger partial charge >= 0.3 is 0 Å². The molecule has 11 atom stereocenters. The van der Waals surface area contributed by atoms with Gasteiger partial charge in [-0.1, -0.05) is 221 Å². The minimum Gasteiger partial charge on any atom is -0.376 e. The van der Waals surface area contributed by atoms with Gasteiger partial charge in [0.25, 0.3) is 0 Å². The molecule has 0 aromatic heterocycles. The van der Waals surface area contributed by atoms with Crippen molar-refractivity contribution in [2.24, 2.45) is 53.3 Å². The molecule has 6 aliphatic rings. The molecule has 0 bridgehead atoms. The van der Waals surface area contributed by atoms with Gasteiger partial charge in [0.1, 0.15) is 0 Å². The van der Waals surface area contributed by atoms with Crippen LogP contribution in [-0.2, 0) is 9.47 Å². The van der Waals surface area contributed by atoms with Crippen LogP contribution in [0.15, 0.2) is 72.9 Å². The first kappa shape index (κ1) is 67.3. The molecular weight excluding hydrogens is 1010 g/mol. The average Bonchev–Trinajstić information content (AvgIpc) is 3.95. The van der Waals surface area contributed by atoms with Crippen LogP contribution in [0.3, 0.4) is 0 Å². The standard InChI is InChI=1S/C37H66OSi3.C13H22Si.C11H24Cl2OSi.C3H8/c1-37(2,3)38-23-17-11-12-18-24-41(10,35-25-29(27-39(4,5)6)31-19-13-15-21-33(31)35)36-26-30(28-40(7,8)9)32-20-14-16-22-34(32)36;1-14(2,3)10-12-9-8-11-6-4-5-7-13(11)12;1-11(2,3)14-9-7-5-6-8-10-15(4,12)13;1-3-2/h13-16,19-22,29-36H,11-12,17-18,23-28H2,1-10H3;4-7,11-13H,8-10H2,1-3H3;5-10H2,1-4H3;3H2,1-2H3. The van der Waals surface area contributed by atoms with Crippen LogP contribution in [0.1, 0.15) is 139 Å². The third kappa shape index (κ3) is 25.8. The number of hydrogen-bond acceptors (Lipinski definition) is 2. The number of rotatable bonds is 22. The van der Waals surface area contributed by atoms with Crippen LogP contribution in [0.4, 0.5) is 0 Å². The lowest BCUT2D eigenvalue weighted by Crippen LogP contribution is -2.45. The summed E-state index contributed by atoms with van der Waals surface area (Å²) in [6, 6.07) is 7.10. The molecule has 0 aliphatic heterocycles. The van der Waals surface area contributed by atoms with E-state index in [9.17, 15) is 0 Å². The fourth-order valence-electron chi connectivity index (χ4n) is 14.1. The van der Waals surface area contributed by atoms with E-state index in [1.54, 1.807) is 6.04 Å². The number of allylic oxidation sites excluding steroid dienone is 12. The minimum absolute atomic E-state index is 0.00222. The Morgan fingerprint density at radius 3 is 1.15 bits per heavy atom. The van der Waals surface area contributed by atoms with Gasteiger partial charge in [-0.3, -0.25) is 0 Å². The Kier molecular flexibility index (Phi) is 28.2. The largest absolute Gasteiger partial charge is 0.376 e. The third-order valence-electron chi connectivity index (χ3n) is 16.8. The molecule has 6 rings (SSSR count). The smallest absolute Gasteiger partial charge is 0.248 e. The van der Waals surface area contributed by atoms with E-state index >= 15 is 0 Å². The molecule has 3 fully saturated rings. The SMILES string of the molecule is CC(C)(C)OCCCCCC[Si](C)(C1CC(C[Si](C)(C)C)C2C=CC=CC21)C1CC(C[Si](C)(C)C)C2C=CC=CC21.CC(C)(C)OCCCCCC[Si](C)(Cl)Cl.CCC.C[Si](C)(C)CC1CCC2C=CC=CC21. The summed E-state index contributed by atoms with van der Waals surface area (Å²) >= 11 is 12.0. The number of ether oxygens (including phenoxy) is 2. The highest BCUT2D eigenvalue weighted by molar-refractivity contribution is 7.44. The third-order valence-corrected chi connectivity index (χ3v) is 30.5. The van der Waals surface area contributed by atoms with Gasteiger partial charge in [0.05, 0.1) is 19.3 Å². The number of hydrogen-bond donors (Lipinski definition) is 0. The van der Waals surface area contributed by atoms with Crippen molar-refractivity contribution in [3.63, 3.8) is 0 Å². The Hall–Kier alpha value is 0.0244. The van der Waals surface area contributed by atoms with Crippen LogP contribution in [-0.4, -0.2) is 63.4 Å². The first-order valence-electron chi connectivity index (χ1n) is 30.5. The Bertz CT molecular complexity index is 1660. The predicted octanol–water partition coefficient (Wildman–Crippen LogP) is 22.0. The summed E-state index contributed by atoms with van der Waals surface area (Å²) in [6.45, 7) is 45.1. The lowest BCUT2D eigenvalue weighted by Gasteiger charge is -2.45. The van der Waals surface area contributed by atoms with E-state index in [2.05, 4.69) is 194 Å². The van der Waals surface area contributed by atoms with Crippen LogP contribution in [0.25, 0.3) is 0 Å². The molecule has 422 valence electrons. The molecule has 2 nitrogen and oxygen atoms in total. The molecule has 0 spiro atoms. The zero-order valence-electron chi connectivity index (χ0n) is 51.5. The highest BCUT2D eigenvalue weighted by atomic mass is 35.7. The zero-order chi connectivity index (χ0) is 54.9. The highest BCUT2D eigenvalue weighted by Crippen LogP contribution is 2.64. The molecule has 73 heavy (non-hydrogen) atoms. The van der Waals surface area contributed by atoms with Gasteiger partial charge in [-0.15, -0.1) is 22.2 Å². The molecule has 0 aromatic carbocycles. The first-order chi connectivity index (χ1) is 33.8. The van der Waals surface area contributed by atoms with E-state index in [-0.39, 0.29) is 11.2 Å². The van der Waals surface area contributed by atoms with Gasteiger partial charge in [-0.05, 0) is 157 Å². The molecule has 3 saturated carbocycles. The second-order valence-corrected chi connectivity index (χ2v) is 60.0. The fourth-order valence-corrected chi connectivity index (χ4v) is 28.2. The minimum atomic E-state index is -1.84. The Balaban J connectivity index is 0.000000356. The second kappa shape index (κ2) is 30.6. The van der Waals surface area contributed by atoms with Crippen molar-refractivity contribution in [1.29, 1.82) is 0 Å². The quantitative estimate of drug-likeness (QED) is 0.0611. The zero-order valence-corrected chi connectivity index (χ0v) is 58.0. The van der Waals surface area contributed by atoms with E-state index in [1.165, 1.54) is 88.8 Å². The van der Waals surface area contributed by atoms with Gasteiger partial charge in [0.2, 0.25) is 6.69 Å². The van der Waals surface area contributed by atoms with E-state index < -0.39 is 39.0 Å². The van der Waals surface area contributed by atoms with E-state index in [0.29, 0.717) is 0 Å².